The first-order valence-electron chi connectivity index (χ1n) is 9.28. The van der Waals surface area contributed by atoms with E-state index in [-0.39, 0.29) is 13.2 Å². The van der Waals surface area contributed by atoms with Crippen LogP contribution in [0.5, 0.6) is 0 Å². The van der Waals surface area contributed by atoms with Gasteiger partial charge in [-0.15, -0.1) is 0 Å². The van der Waals surface area contributed by atoms with Gasteiger partial charge in [-0.25, -0.2) is 9.59 Å². The molecular weight excluding hydrogens is 354 g/mol. The van der Waals surface area contributed by atoms with Crippen molar-refractivity contribution in [3.05, 3.63) is 71.3 Å². The Morgan fingerprint density at radius 2 is 1.18 bits per heavy atom. The SMILES string of the molecule is CCOC(=O)c1cc(C(=O)OCC)c2ccc(Nc3ccc(C)cc3)ccc1-2. The van der Waals surface area contributed by atoms with Crippen LogP contribution in [0.3, 0.4) is 0 Å². The van der Waals surface area contributed by atoms with Gasteiger partial charge in [0.05, 0.1) is 24.3 Å². The van der Waals surface area contributed by atoms with E-state index in [9.17, 15) is 9.59 Å². The Balaban J connectivity index is 2.04. The van der Waals surface area contributed by atoms with Crippen molar-refractivity contribution in [1.29, 1.82) is 0 Å². The molecule has 0 aromatic heterocycles. The molecule has 1 N–H and O–H groups in total. The van der Waals surface area contributed by atoms with Crippen LogP contribution in [-0.2, 0) is 9.47 Å². The molecule has 144 valence electrons. The molecule has 3 rings (SSSR count). The fourth-order valence-electron chi connectivity index (χ4n) is 2.99. The highest BCUT2D eigenvalue weighted by molar-refractivity contribution is 6.08. The molecule has 0 radical (unpaired) electrons. The van der Waals surface area contributed by atoms with Crippen LogP contribution in [0.2, 0.25) is 0 Å². The monoisotopic (exact) mass is 377 g/mol. The van der Waals surface area contributed by atoms with Crippen molar-refractivity contribution < 1.29 is 19.1 Å². The molecule has 5 heteroatoms. The lowest BCUT2D eigenvalue weighted by Gasteiger charge is -2.04. The van der Waals surface area contributed by atoms with Crippen molar-refractivity contribution in [2.45, 2.75) is 20.8 Å². The minimum atomic E-state index is -0.456. The lowest BCUT2D eigenvalue weighted by Crippen LogP contribution is -2.05. The number of rotatable bonds is 6. The zero-order valence-corrected chi connectivity index (χ0v) is 16.2. The summed E-state index contributed by atoms with van der Waals surface area (Å²) in [4.78, 5) is 24.7. The highest BCUT2D eigenvalue weighted by Gasteiger charge is 2.25. The molecule has 1 aromatic rings. The van der Waals surface area contributed by atoms with Gasteiger partial charge in [-0.3, -0.25) is 0 Å². The third kappa shape index (κ3) is 4.14. The van der Waals surface area contributed by atoms with Crippen LogP contribution in [0, 0.1) is 6.92 Å². The molecule has 0 saturated heterocycles. The predicted molar refractivity (Wildman–Crippen MR) is 109 cm³/mol. The summed E-state index contributed by atoms with van der Waals surface area (Å²) in [6, 6.07) is 17.0. The lowest BCUT2D eigenvalue weighted by molar-refractivity contribution is 0.0525. The van der Waals surface area contributed by atoms with E-state index in [0.29, 0.717) is 22.3 Å². The first-order valence-corrected chi connectivity index (χ1v) is 9.28. The number of esters is 2. The molecule has 1 aromatic carbocycles. The van der Waals surface area contributed by atoms with E-state index < -0.39 is 11.9 Å². The summed E-state index contributed by atoms with van der Waals surface area (Å²) in [6.45, 7) is 6.06. The smallest absolute Gasteiger partial charge is 0.338 e. The number of benzene rings is 1. The molecule has 0 spiro atoms. The van der Waals surface area contributed by atoms with Gasteiger partial charge in [0, 0.05) is 11.4 Å². The molecule has 28 heavy (non-hydrogen) atoms. The summed E-state index contributed by atoms with van der Waals surface area (Å²) < 4.78 is 10.3. The molecule has 0 fully saturated rings. The second-order valence-electron chi connectivity index (χ2n) is 6.35. The van der Waals surface area contributed by atoms with Gasteiger partial charge in [0.1, 0.15) is 0 Å². The number of carbonyl (C=O) groups is 2. The van der Waals surface area contributed by atoms with Crippen LogP contribution in [0.1, 0.15) is 40.1 Å². The average molecular weight is 377 g/mol. The normalized spacial score (nSPS) is 10.5. The van der Waals surface area contributed by atoms with Crippen molar-refractivity contribution in [2.75, 3.05) is 18.5 Å². The van der Waals surface area contributed by atoms with Gasteiger partial charge < -0.3 is 14.8 Å². The van der Waals surface area contributed by atoms with Crippen LogP contribution in [-0.4, -0.2) is 25.2 Å². The van der Waals surface area contributed by atoms with Crippen LogP contribution in [0.25, 0.3) is 11.1 Å². The highest BCUT2D eigenvalue weighted by Crippen LogP contribution is 2.34. The number of aryl methyl sites for hydroxylation is 1. The first kappa shape index (κ1) is 19.4. The molecular formula is C23H23NO4. The highest BCUT2D eigenvalue weighted by atomic mass is 16.5. The number of carbonyl (C=O) groups excluding carboxylic acids is 2. The minimum Gasteiger partial charge on any atom is -0.462 e. The number of hydrogen-bond donors (Lipinski definition) is 1. The minimum absolute atomic E-state index is 0.263. The molecule has 0 heterocycles. The zero-order valence-electron chi connectivity index (χ0n) is 16.2. The third-order valence-electron chi connectivity index (χ3n) is 4.35. The summed E-state index contributed by atoms with van der Waals surface area (Å²) in [7, 11) is 0. The Hall–Kier alpha value is -3.34. The Morgan fingerprint density at radius 3 is 1.61 bits per heavy atom. The molecule has 0 saturated carbocycles. The fourth-order valence-corrected chi connectivity index (χ4v) is 2.99. The maximum atomic E-state index is 12.4. The number of nitrogens with one attached hydrogen (secondary N) is 1. The summed E-state index contributed by atoms with van der Waals surface area (Å²) >= 11 is 0. The lowest BCUT2D eigenvalue weighted by atomic mass is 10.1. The van der Waals surface area contributed by atoms with Crippen LogP contribution in [0.15, 0.2) is 54.6 Å². The van der Waals surface area contributed by atoms with Crippen molar-refractivity contribution in [1.82, 2.24) is 0 Å². The number of fused-ring (bicyclic) bond motifs is 1. The van der Waals surface area contributed by atoms with E-state index in [1.54, 1.807) is 19.9 Å². The van der Waals surface area contributed by atoms with Gasteiger partial charge in [-0.05, 0) is 62.2 Å². The van der Waals surface area contributed by atoms with Gasteiger partial charge in [0.15, 0.2) is 0 Å². The van der Waals surface area contributed by atoms with Crippen molar-refractivity contribution in [3.8, 4) is 11.1 Å². The van der Waals surface area contributed by atoms with Gasteiger partial charge in [-0.2, -0.15) is 0 Å². The first-order chi connectivity index (χ1) is 13.5. The number of hydrogen-bond acceptors (Lipinski definition) is 5. The topological polar surface area (TPSA) is 64.6 Å². The predicted octanol–water partition coefficient (Wildman–Crippen LogP) is 5.20. The summed E-state index contributed by atoms with van der Waals surface area (Å²) in [5, 5.41) is 3.33. The Bertz CT molecular complexity index is 910. The molecule has 0 amide bonds. The molecule has 5 nitrogen and oxygen atoms in total. The maximum absolute atomic E-state index is 12.4. The van der Waals surface area contributed by atoms with Gasteiger partial charge in [0.2, 0.25) is 0 Å². The van der Waals surface area contributed by atoms with Crippen molar-refractivity contribution in [2.24, 2.45) is 0 Å². The van der Waals surface area contributed by atoms with E-state index in [2.05, 4.69) is 5.32 Å². The molecule has 0 aliphatic heterocycles. The molecule has 0 bridgehead atoms. The molecule has 2 aliphatic carbocycles. The largest absolute Gasteiger partial charge is 0.462 e. The molecule has 0 atom stereocenters. The van der Waals surface area contributed by atoms with E-state index in [0.717, 1.165) is 11.4 Å². The summed E-state index contributed by atoms with van der Waals surface area (Å²) in [6.07, 6.45) is 0. The Kier molecular flexibility index (Phi) is 5.94. The number of ether oxygens (including phenoxy) is 2. The zero-order chi connectivity index (χ0) is 20.1. The fraction of sp³-hybridized carbons (Fsp3) is 0.217. The maximum Gasteiger partial charge on any atom is 0.338 e. The van der Waals surface area contributed by atoms with Crippen molar-refractivity contribution >= 4 is 23.3 Å². The van der Waals surface area contributed by atoms with E-state index in [4.69, 9.17) is 9.47 Å². The second kappa shape index (κ2) is 8.57. The molecule has 0 unspecified atom stereocenters. The summed E-state index contributed by atoms with van der Waals surface area (Å²) in [5.41, 5.74) is 4.99. The molecule has 2 aliphatic rings. The standard InChI is InChI=1S/C23H23NO4/c1-4-27-22(25)20-14-21(23(26)28-5-2)19-13-11-17(10-12-18(19)20)24-16-8-6-15(3)7-9-16/h6-14,24H,4-5H2,1-3H3. The Labute approximate surface area is 164 Å². The number of anilines is 2. The van der Waals surface area contributed by atoms with Crippen molar-refractivity contribution in [3.63, 3.8) is 0 Å². The summed E-state index contributed by atoms with van der Waals surface area (Å²) in [5.74, 6) is -0.912. The quantitative estimate of drug-likeness (QED) is 0.598. The Morgan fingerprint density at radius 1 is 0.750 bits per heavy atom. The van der Waals surface area contributed by atoms with E-state index >= 15 is 0 Å². The van der Waals surface area contributed by atoms with Crippen LogP contribution in [0.4, 0.5) is 11.4 Å². The third-order valence-corrected chi connectivity index (χ3v) is 4.35. The second-order valence-corrected chi connectivity index (χ2v) is 6.35. The van der Waals surface area contributed by atoms with E-state index in [1.807, 2.05) is 55.5 Å². The van der Waals surface area contributed by atoms with E-state index in [1.165, 1.54) is 5.56 Å². The van der Waals surface area contributed by atoms with Gasteiger partial charge in [-0.1, -0.05) is 29.8 Å². The van der Waals surface area contributed by atoms with Gasteiger partial charge in [0.25, 0.3) is 0 Å². The van der Waals surface area contributed by atoms with Crippen LogP contribution >= 0.6 is 0 Å². The van der Waals surface area contributed by atoms with Gasteiger partial charge >= 0.3 is 11.9 Å². The van der Waals surface area contributed by atoms with Crippen LogP contribution < -0.4 is 5.32 Å². The average Bonchev–Trinajstić information content (AvgIpc) is 2.93.